The number of nitrogens with zero attached hydrogens (tertiary/aromatic N) is 2. The monoisotopic (exact) mass is 472 g/mol. The number of hydrogen-bond donors (Lipinski definition) is 4. The number of nitrogens with one attached hydrogen (secondary N) is 4. The Balaban J connectivity index is 1.42. The largest absolute Gasteiger partial charge is 0.364 e. The van der Waals surface area contributed by atoms with Crippen molar-refractivity contribution in [2.45, 2.75) is 25.4 Å². The van der Waals surface area contributed by atoms with Crippen LogP contribution >= 0.6 is 11.6 Å². The van der Waals surface area contributed by atoms with Gasteiger partial charge in [-0.05, 0) is 43.7 Å². The van der Waals surface area contributed by atoms with Crippen LogP contribution in [0, 0.1) is 11.6 Å². The van der Waals surface area contributed by atoms with Crippen molar-refractivity contribution in [1.82, 2.24) is 20.6 Å². The van der Waals surface area contributed by atoms with Crippen LogP contribution in [0.15, 0.2) is 48.7 Å². The summed E-state index contributed by atoms with van der Waals surface area (Å²) in [6, 6.07) is 10.5. The van der Waals surface area contributed by atoms with Gasteiger partial charge in [0.05, 0.1) is 6.20 Å². The van der Waals surface area contributed by atoms with Crippen molar-refractivity contribution in [3.05, 3.63) is 76.4 Å². The molecule has 0 saturated carbocycles. The molecule has 4 rings (SSSR count). The van der Waals surface area contributed by atoms with Crippen molar-refractivity contribution in [3.8, 4) is 0 Å². The van der Waals surface area contributed by atoms with Gasteiger partial charge < -0.3 is 21.3 Å². The molecular formula is C23H23ClF2N6O. The molecular weight excluding hydrogens is 450 g/mol. The molecule has 2 heterocycles. The number of carbonyl (C=O) groups excluding carboxylic acids is 1. The first-order valence-electron chi connectivity index (χ1n) is 10.6. The van der Waals surface area contributed by atoms with Gasteiger partial charge in [-0.15, -0.1) is 0 Å². The quantitative estimate of drug-likeness (QED) is 0.411. The molecule has 2 aromatic carbocycles. The van der Waals surface area contributed by atoms with Gasteiger partial charge in [0, 0.05) is 42.0 Å². The lowest BCUT2D eigenvalue weighted by molar-refractivity contribution is 0.0930. The Hall–Kier alpha value is -3.30. The summed E-state index contributed by atoms with van der Waals surface area (Å²) in [4.78, 5) is 21.1. The van der Waals surface area contributed by atoms with E-state index in [-0.39, 0.29) is 40.8 Å². The second kappa shape index (κ2) is 10.5. The van der Waals surface area contributed by atoms with Gasteiger partial charge in [0.15, 0.2) is 5.82 Å². The van der Waals surface area contributed by atoms with Crippen molar-refractivity contribution in [1.29, 1.82) is 0 Å². The lowest BCUT2D eigenvalue weighted by Gasteiger charge is -2.23. The fourth-order valence-electron chi connectivity index (χ4n) is 3.51. The molecule has 1 aliphatic rings. The molecule has 3 aromatic rings. The van der Waals surface area contributed by atoms with Crippen LogP contribution in [0.1, 0.15) is 28.8 Å². The molecule has 10 heteroatoms. The number of rotatable bonds is 7. The van der Waals surface area contributed by atoms with Crippen molar-refractivity contribution in [3.63, 3.8) is 0 Å². The maximum absolute atomic E-state index is 13.9. The molecule has 1 aliphatic heterocycles. The molecule has 1 atom stereocenters. The minimum absolute atomic E-state index is 0.0635. The Morgan fingerprint density at radius 1 is 1.21 bits per heavy atom. The topological polar surface area (TPSA) is 91.0 Å². The summed E-state index contributed by atoms with van der Waals surface area (Å²) in [5.74, 6) is -0.917. The van der Waals surface area contributed by atoms with Crippen molar-refractivity contribution >= 4 is 35.0 Å². The van der Waals surface area contributed by atoms with Crippen LogP contribution in [-0.4, -0.2) is 35.0 Å². The Morgan fingerprint density at radius 2 is 2.09 bits per heavy atom. The fraction of sp³-hybridized carbons (Fsp3) is 0.261. The van der Waals surface area contributed by atoms with Gasteiger partial charge in [0.25, 0.3) is 5.91 Å². The molecule has 4 N–H and O–H groups in total. The maximum atomic E-state index is 13.9. The van der Waals surface area contributed by atoms with E-state index < -0.39 is 11.6 Å². The van der Waals surface area contributed by atoms with E-state index in [9.17, 15) is 13.6 Å². The van der Waals surface area contributed by atoms with Gasteiger partial charge in [-0.25, -0.2) is 13.8 Å². The lowest BCUT2D eigenvalue weighted by atomic mass is 10.1. The van der Waals surface area contributed by atoms with E-state index in [4.69, 9.17) is 11.6 Å². The number of halogens is 3. The Bertz CT molecular complexity index is 1140. The van der Waals surface area contributed by atoms with Crippen LogP contribution in [0.4, 0.5) is 26.2 Å². The predicted octanol–water partition coefficient (Wildman–Crippen LogP) is 4.25. The van der Waals surface area contributed by atoms with Crippen LogP contribution in [0.2, 0.25) is 5.02 Å². The summed E-state index contributed by atoms with van der Waals surface area (Å²) in [6.45, 7) is 1.80. The first kappa shape index (κ1) is 22.9. The molecule has 1 aromatic heterocycles. The van der Waals surface area contributed by atoms with E-state index in [1.807, 2.05) is 0 Å². The van der Waals surface area contributed by atoms with E-state index in [2.05, 4.69) is 31.2 Å². The van der Waals surface area contributed by atoms with Crippen LogP contribution < -0.4 is 21.3 Å². The SMILES string of the molecule is O=C(NC1CCCNC1)c1cccc(Nc2ncc(Cl)c(NCc3ccc(F)cc3F)n2)c1. The van der Waals surface area contributed by atoms with Crippen LogP contribution in [0.5, 0.6) is 0 Å². The highest BCUT2D eigenvalue weighted by Gasteiger charge is 2.16. The van der Waals surface area contributed by atoms with E-state index in [0.29, 0.717) is 11.3 Å². The van der Waals surface area contributed by atoms with E-state index >= 15 is 0 Å². The van der Waals surface area contributed by atoms with Gasteiger partial charge in [0.2, 0.25) is 5.95 Å². The summed E-state index contributed by atoms with van der Waals surface area (Å²) in [5.41, 5.74) is 1.42. The highest BCUT2D eigenvalue weighted by Crippen LogP contribution is 2.23. The second-order valence-electron chi connectivity index (χ2n) is 7.70. The van der Waals surface area contributed by atoms with Crippen molar-refractivity contribution in [2.75, 3.05) is 23.7 Å². The summed E-state index contributed by atoms with van der Waals surface area (Å²) < 4.78 is 27.0. The van der Waals surface area contributed by atoms with Crippen LogP contribution in [-0.2, 0) is 6.54 Å². The molecule has 0 aliphatic carbocycles. The lowest BCUT2D eigenvalue weighted by Crippen LogP contribution is -2.45. The number of carbonyl (C=O) groups is 1. The molecule has 0 radical (unpaired) electrons. The average molecular weight is 473 g/mol. The van der Waals surface area contributed by atoms with Crippen LogP contribution in [0.25, 0.3) is 0 Å². The normalized spacial score (nSPS) is 15.7. The molecule has 7 nitrogen and oxygen atoms in total. The van der Waals surface area contributed by atoms with Gasteiger partial charge in [-0.1, -0.05) is 23.7 Å². The molecule has 0 spiro atoms. The first-order valence-corrected chi connectivity index (χ1v) is 10.9. The van der Waals surface area contributed by atoms with Gasteiger partial charge in [-0.2, -0.15) is 4.98 Å². The third-order valence-corrected chi connectivity index (χ3v) is 5.50. The van der Waals surface area contributed by atoms with E-state index in [0.717, 1.165) is 32.0 Å². The van der Waals surface area contributed by atoms with E-state index in [1.54, 1.807) is 24.3 Å². The van der Waals surface area contributed by atoms with Crippen LogP contribution in [0.3, 0.4) is 0 Å². The summed E-state index contributed by atoms with van der Waals surface area (Å²) in [6.07, 6.45) is 3.39. The zero-order chi connectivity index (χ0) is 23.2. The Labute approximate surface area is 195 Å². The van der Waals surface area contributed by atoms with Gasteiger partial charge in [-0.3, -0.25) is 4.79 Å². The zero-order valence-corrected chi connectivity index (χ0v) is 18.4. The molecule has 1 saturated heterocycles. The van der Waals surface area contributed by atoms with Crippen molar-refractivity contribution < 1.29 is 13.6 Å². The average Bonchev–Trinajstić information content (AvgIpc) is 2.81. The molecule has 1 fully saturated rings. The number of amides is 1. The summed E-state index contributed by atoms with van der Waals surface area (Å²) >= 11 is 6.16. The van der Waals surface area contributed by atoms with Crippen molar-refractivity contribution in [2.24, 2.45) is 0 Å². The Morgan fingerprint density at radius 3 is 2.88 bits per heavy atom. The Kier molecular flexibility index (Phi) is 7.31. The van der Waals surface area contributed by atoms with E-state index in [1.165, 1.54) is 18.3 Å². The molecule has 1 amide bonds. The highest BCUT2D eigenvalue weighted by atomic mass is 35.5. The molecule has 172 valence electrons. The van der Waals surface area contributed by atoms with Gasteiger partial charge in [0.1, 0.15) is 16.7 Å². The molecule has 33 heavy (non-hydrogen) atoms. The number of anilines is 3. The first-order chi connectivity index (χ1) is 16.0. The smallest absolute Gasteiger partial charge is 0.251 e. The fourth-order valence-corrected chi connectivity index (χ4v) is 3.66. The standard InChI is InChI=1S/C23H23ClF2N6O/c24-19-13-29-23(32-21(19)28-11-15-6-7-16(25)10-20(15)26)31-17-4-1-3-14(9-17)22(33)30-18-5-2-8-27-12-18/h1,3-4,6-7,9-10,13,18,27H,2,5,8,11-12H2,(H,30,33)(H2,28,29,31,32). The summed E-state index contributed by atoms with van der Waals surface area (Å²) in [5, 5.41) is 12.5. The number of aromatic nitrogens is 2. The molecule has 0 bridgehead atoms. The minimum atomic E-state index is -0.662. The third-order valence-electron chi connectivity index (χ3n) is 5.22. The minimum Gasteiger partial charge on any atom is -0.364 e. The maximum Gasteiger partial charge on any atom is 0.251 e. The number of hydrogen-bond acceptors (Lipinski definition) is 6. The number of piperidine rings is 1. The second-order valence-corrected chi connectivity index (χ2v) is 8.11. The summed E-state index contributed by atoms with van der Waals surface area (Å²) in [7, 11) is 0. The highest BCUT2D eigenvalue weighted by molar-refractivity contribution is 6.32. The number of benzene rings is 2. The van der Waals surface area contributed by atoms with Gasteiger partial charge >= 0.3 is 0 Å². The third kappa shape index (κ3) is 6.15. The zero-order valence-electron chi connectivity index (χ0n) is 17.7. The molecule has 1 unspecified atom stereocenters. The predicted molar refractivity (Wildman–Crippen MR) is 124 cm³/mol.